The van der Waals surface area contributed by atoms with E-state index in [0.29, 0.717) is 17.9 Å². The number of carbonyl (C=O) groups is 2. The van der Waals surface area contributed by atoms with Crippen LogP contribution in [0.1, 0.15) is 32.9 Å². The lowest BCUT2D eigenvalue weighted by Gasteiger charge is -2.08. The molecule has 3 rings (SSSR count). The number of aromatic nitrogens is 3. The molecule has 0 unspecified atom stereocenters. The van der Waals surface area contributed by atoms with Gasteiger partial charge in [0.1, 0.15) is 12.4 Å². The molecule has 1 aromatic heterocycles. The molecule has 2 N–H and O–H groups in total. The molecule has 0 aliphatic carbocycles. The van der Waals surface area contributed by atoms with Crippen LogP contribution in [0.3, 0.4) is 0 Å². The molecule has 0 bridgehead atoms. The fourth-order valence-corrected chi connectivity index (χ4v) is 2.73. The maximum atomic E-state index is 13.4. The third kappa shape index (κ3) is 5.04. The molecule has 3 aromatic rings. The van der Waals surface area contributed by atoms with Crippen molar-refractivity contribution >= 4 is 17.5 Å². The van der Waals surface area contributed by atoms with Gasteiger partial charge in [-0.2, -0.15) is 0 Å². The van der Waals surface area contributed by atoms with E-state index < -0.39 is 11.7 Å². The Morgan fingerprint density at radius 1 is 1.07 bits per heavy atom. The molecule has 0 aliphatic heterocycles. The quantitative estimate of drug-likeness (QED) is 0.672. The van der Waals surface area contributed by atoms with E-state index in [-0.39, 0.29) is 18.1 Å². The smallest absolute Gasteiger partial charge is 0.278 e. The fraction of sp³-hybridized carbons (Fsp3) is 0.238. The van der Waals surface area contributed by atoms with Gasteiger partial charge in [0.25, 0.3) is 5.91 Å². The van der Waals surface area contributed by atoms with Gasteiger partial charge in [0, 0.05) is 12.2 Å². The molecule has 2 amide bonds. The van der Waals surface area contributed by atoms with Crippen LogP contribution in [0.5, 0.6) is 0 Å². The normalized spacial score (nSPS) is 10.6. The van der Waals surface area contributed by atoms with Crippen molar-refractivity contribution in [1.82, 2.24) is 20.3 Å². The monoisotopic (exact) mass is 395 g/mol. The zero-order valence-electron chi connectivity index (χ0n) is 16.5. The molecule has 8 heteroatoms. The number of nitrogens with one attached hydrogen (secondary N) is 2. The predicted octanol–water partition coefficient (Wildman–Crippen LogP) is 2.91. The lowest BCUT2D eigenvalue weighted by Crippen LogP contribution is -2.28. The lowest BCUT2D eigenvalue weighted by molar-refractivity contribution is -0.122. The number of benzene rings is 2. The van der Waals surface area contributed by atoms with Gasteiger partial charge in [-0.1, -0.05) is 41.1 Å². The number of nitrogens with zero attached hydrogens (tertiary/aromatic N) is 3. The summed E-state index contributed by atoms with van der Waals surface area (Å²) >= 11 is 0. The summed E-state index contributed by atoms with van der Waals surface area (Å²) in [5.74, 6) is -1.20. The molecule has 0 atom stereocenters. The van der Waals surface area contributed by atoms with Crippen molar-refractivity contribution < 1.29 is 14.0 Å². The molecule has 0 aliphatic rings. The van der Waals surface area contributed by atoms with Crippen LogP contribution in [0.25, 0.3) is 0 Å². The van der Waals surface area contributed by atoms with Crippen molar-refractivity contribution in [3.8, 4) is 0 Å². The molecule has 1 heterocycles. The van der Waals surface area contributed by atoms with Crippen LogP contribution in [-0.2, 0) is 17.9 Å². The van der Waals surface area contributed by atoms with E-state index in [1.165, 1.54) is 16.8 Å². The Morgan fingerprint density at radius 3 is 2.52 bits per heavy atom. The molecule has 29 heavy (non-hydrogen) atoms. The Balaban J connectivity index is 1.62. The van der Waals surface area contributed by atoms with Gasteiger partial charge in [-0.25, -0.2) is 9.07 Å². The third-order valence-electron chi connectivity index (χ3n) is 4.55. The Kier molecular flexibility index (Phi) is 6.01. The topological polar surface area (TPSA) is 88.9 Å². The number of hydrogen-bond donors (Lipinski definition) is 2. The summed E-state index contributed by atoms with van der Waals surface area (Å²) in [6.45, 7) is 5.76. The maximum absolute atomic E-state index is 13.4. The summed E-state index contributed by atoms with van der Waals surface area (Å²) in [6.07, 6.45) is 0. The first-order valence-electron chi connectivity index (χ1n) is 9.13. The van der Waals surface area contributed by atoms with Gasteiger partial charge in [-0.3, -0.25) is 9.59 Å². The minimum Gasteiger partial charge on any atom is -0.350 e. The van der Waals surface area contributed by atoms with Gasteiger partial charge < -0.3 is 10.6 Å². The second-order valence-corrected chi connectivity index (χ2v) is 6.86. The fourth-order valence-electron chi connectivity index (χ4n) is 2.73. The largest absolute Gasteiger partial charge is 0.350 e. The lowest BCUT2D eigenvalue weighted by atomic mass is 10.1. The van der Waals surface area contributed by atoms with E-state index in [4.69, 9.17) is 0 Å². The summed E-state index contributed by atoms with van der Waals surface area (Å²) in [6, 6.07) is 12.0. The molecule has 2 aromatic carbocycles. The highest BCUT2D eigenvalue weighted by Crippen LogP contribution is 2.17. The van der Waals surface area contributed by atoms with E-state index in [0.717, 1.165) is 16.7 Å². The van der Waals surface area contributed by atoms with Crippen molar-refractivity contribution in [3.05, 3.63) is 76.4 Å². The molecule has 0 saturated heterocycles. The Bertz CT molecular complexity index is 1040. The molecular formula is C21H22FN5O2. The van der Waals surface area contributed by atoms with E-state index >= 15 is 0 Å². The van der Waals surface area contributed by atoms with Gasteiger partial charge in [0.05, 0.1) is 5.69 Å². The Morgan fingerprint density at radius 2 is 1.79 bits per heavy atom. The molecule has 0 spiro atoms. The van der Waals surface area contributed by atoms with Crippen LogP contribution in [0.15, 0.2) is 42.5 Å². The second kappa shape index (κ2) is 8.64. The van der Waals surface area contributed by atoms with Gasteiger partial charge >= 0.3 is 0 Å². The molecule has 7 nitrogen and oxygen atoms in total. The number of carbonyl (C=O) groups excluding carboxylic acids is 2. The molecule has 0 radical (unpaired) electrons. The van der Waals surface area contributed by atoms with Crippen LogP contribution in [0.4, 0.5) is 10.1 Å². The SMILES string of the molecule is Cc1ccc(CNC(=O)Cn2nnc(C(=O)Nc3cc(F)ccc3C)c2C)cc1. The summed E-state index contributed by atoms with van der Waals surface area (Å²) < 4.78 is 14.8. The second-order valence-electron chi connectivity index (χ2n) is 6.86. The first kappa shape index (κ1) is 20.2. The average molecular weight is 395 g/mol. The highest BCUT2D eigenvalue weighted by molar-refractivity contribution is 6.03. The minimum atomic E-state index is -0.512. The zero-order chi connectivity index (χ0) is 21.0. The molecule has 0 fully saturated rings. The predicted molar refractivity (Wildman–Crippen MR) is 107 cm³/mol. The Labute approximate surface area is 167 Å². The third-order valence-corrected chi connectivity index (χ3v) is 4.55. The maximum Gasteiger partial charge on any atom is 0.278 e. The van der Waals surface area contributed by atoms with E-state index in [1.807, 2.05) is 31.2 Å². The van der Waals surface area contributed by atoms with Crippen LogP contribution >= 0.6 is 0 Å². The summed E-state index contributed by atoms with van der Waals surface area (Å²) in [5, 5.41) is 13.2. The average Bonchev–Trinajstić information content (AvgIpc) is 3.04. The van der Waals surface area contributed by atoms with E-state index in [9.17, 15) is 14.0 Å². The van der Waals surface area contributed by atoms with E-state index in [1.54, 1.807) is 19.9 Å². The standard InChI is InChI=1S/C21H22FN5O2/c1-13-4-7-16(8-5-13)11-23-19(28)12-27-15(3)20(25-26-27)21(29)24-18-10-17(22)9-6-14(18)2/h4-10H,11-12H2,1-3H3,(H,23,28)(H,24,29). The molecular weight excluding hydrogens is 373 g/mol. The number of rotatable bonds is 6. The summed E-state index contributed by atoms with van der Waals surface area (Å²) in [5.41, 5.74) is 3.75. The van der Waals surface area contributed by atoms with Crippen LogP contribution in [0.2, 0.25) is 0 Å². The van der Waals surface area contributed by atoms with Crippen molar-refractivity contribution in [1.29, 1.82) is 0 Å². The Hall–Kier alpha value is -3.55. The van der Waals surface area contributed by atoms with Crippen molar-refractivity contribution in [3.63, 3.8) is 0 Å². The summed E-state index contributed by atoms with van der Waals surface area (Å²) in [7, 11) is 0. The first-order valence-corrected chi connectivity index (χ1v) is 9.13. The van der Waals surface area contributed by atoms with Gasteiger partial charge in [-0.15, -0.1) is 5.10 Å². The zero-order valence-corrected chi connectivity index (χ0v) is 16.5. The van der Waals surface area contributed by atoms with Gasteiger partial charge in [0.15, 0.2) is 5.69 Å². The van der Waals surface area contributed by atoms with E-state index in [2.05, 4.69) is 20.9 Å². The number of aryl methyl sites for hydroxylation is 2. The molecule has 0 saturated carbocycles. The van der Waals surface area contributed by atoms with Crippen molar-refractivity contribution in [2.45, 2.75) is 33.9 Å². The highest BCUT2D eigenvalue weighted by Gasteiger charge is 2.18. The number of amides is 2. The number of halogens is 1. The van der Waals surface area contributed by atoms with Gasteiger partial charge in [-0.05, 0) is 44.0 Å². The number of anilines is 1. The van der Waals surface area contributed by atoms with Crippen molar-refractivity contribution in [2.24, 2.45) is 0 Å². The summed E-state index contributed by atoms with van der Waals surface area (Å²) in [4.78, 5) is 24.7. The van der Waals surface area contributed by atoms with Crippen LogP contribution in [0, 0.1) is 26.6 Å². The minimum absolute atomic E-state index is 0.0586. The van der Waals surface area contributed by atoms with Crippen LogP contribution in [-0.4, -0.2) is 26.8 Å². The molecule has 150 valence electrons. The van der Waals surface area contributed by atoms with Crippen molar-refractivity contribution in [2.75, 3.05) is 5.32 Å². The van der Waals surface area contributed by atoms with Gasteiger partial charge in [0.2, 0.25) is 5.91 Å². The first-order chi connectivity index (χ1) is 13.8. The van der Waals surface area contributed by atoms with Crippen LogP contribution < -0.4 is 10.6 Å². The highest BCUT2D eigenvalue weighted by atomic mass is 19.1. The number of hydrogen-bond acceptors (Lipinski definition) is 4.